The molecule has 0 aliphatic carbocycles. The summed E-state index contributed by atoms with van der Waals surface area (Å²) in [6.45, 7) is 5.69. The number of rotatable bonds is 6. The van der Waals surface area contributed by atoms with Crippen molar-refractivity contribution in [3.63, 3.8) is 0 Å². The predicted octanol–water partition coefficient (Wildman–Crippen LogP) is 1.65. The number of carbonyl (C=O) groups is 1. The van der Waals surface area contributed by atoms with Crippen molar-refractivity contribution in [2.45, 2.75) is 24.8 Å². The Bertz CT molecular complexity index is 1220. The van der Waals surface area contributed by atoms with Crippen LogP contribution in [0.25, 0.3) is 5.69 Å². The topological polar surface area (TPSA) is 105 Å². The first-order chi connectivity index (χ1) is 15.8. The van der Waals surface area contributed by atoms with Gasteiger partial charge in [-0.25, -0.2) is 8.42 Å². The average molecular weight is 470 g/mol. The van der Waals surface area contributed by atoms with Gasteiger partial charge in [-0.3, -0.25) is 4.79 Å². The Morgan fingerprint density at radius 1 is 1.00 bits per heavy atom. The zero-order chi connectivity index (χ0) is 23.6. The summed E-state index contributed by atoms with van der Waals surface area (Å²) in [5, 5.41) is 12.1. The fraction of sp³-hybridized carbons (Fsp3) is 0.364. The molecule has 0 bridgehead atoms. The van der Waals surface area contributed by atoms with Crippen LogP contribution in [0.1, 0.15) is 24.2 Å². The number of anilines is 1. The van der Waals surface area contributed by atoms with Crippen LogP contribution < -0.4 is 4.90 Å². The van der Waals surface area contributed by atoms with E-state index in [1.165, 1.54) is 23.5 Å². The highest BCUT2D eigenvalue weighted by atomic mass is 32.2. The van der Waals surface area contributed by atoms with E-state index in [4.69, 9.17) is 0 Å². The molecule has 2 heterocycles. The summed E-state index contributed by atoms with van der Waals surface area (Å²) in [5.74, 6) is 0.430. The van der Waals surface area contributed by atoms with Crippen molar-refractivity contribution in [3.05, 3.63) is 60.2 Å². The van der Waals surface area contributed by atoms with E-state index >= 15 is 0 Å². The number of nitrogens with zero attached hydrogens (tertiary/aromatic N) is 7. The molecular weight excluding hydrogens is 442 g/mol. The smallest absolute Gasteiger partial charge is 0.254 e. The van der Waals surface area contributed by atoms with Crippen molar-refractivity contribution in [2.24, 2.45) is 0 Å². The molecule has 0 atom stereocenters. The fourth-order valence-corrected chi connectivity index (χ4v) is 5.06. The number of sulfonamides is 1. The lowest BCUT2D eigenvalue weighted by Crippen LogP contribution is -2.49. The maximum Gasteiger partial charge on any atom is 0.254 e. The summed E-state index contributed by atoms with van der Waals surface area (Å²) in [4.78, 5) is 17.0. The highest BCUT2D eigenvalue weighted by Gasteiger charge is 2.28. The van der Waals surface area contributed by atoms with Gasteiger partial charge in [-0.1, -0.05) is 29.4 Å². The minimum Gasteiger partial charge on any atom is -0.336 e. The lowest BCUT2D eigenvalue weighted by molar-refractivity contribution is 0.0746. The van der Waals surface area contributed by atoms with Gasteiger partial charge in [-0.15, -0.1) is 0 Å². The third kappa shape index (κ3) is 4.60. The van der Waals surface area contributed by atoms with Crippen molar-refractivity contribution >= 4 is 21.9 Å². The first-order valence-corrected chi connectivity index (χ1v) is 12.2. The minimum absolute atomic E-state index is 0.116. The Hall–Kier alpha value is -3.31. The highest BCUT2D eigenvalue weighted by Crippen LogP contribution is 2.21. The molecule has 1 saturated heterocycles. The van der Waals surface area contributed by atoms with Crippen LogP contribution in [0, 0.1) is 0 Å². The van der Waals surface area contributed by atoms with Crippen LogP contribution in [-0.4, -0.2) is 83.0 Å². The molecule has 4 rings (SSSR count). The number of tetrazole rings is 1. The van der Waals surface area contributed by atoms with E-state index in [0.717, 1.165) is 5.69 Å². The van der Waals surface area contributed by atoms with Crippen LogP contribution in [0.5, 0.6) is 0 Å². The van der Waals surface area contributed by atoms with Gasteiger partial charge >= 0.3 is 0 Å². The van der Waals surface area contributed by atoms with Crippen LogP contribution in [0.15, 0.2) is 59.5 Å². The second kappa shape index (κ2) is 9.28. The summed E-state index contributed by atoms with van der Waals surface area (Å²) >= 11 is 0. The molecule has 1 fully saturated rings. The molecule has 0 unspecified atom stereocenters. The molecule has 2 aromatic carbocycles. The predicted molar refractivity (Wildman–Crippen MR) is 124 cm³/mol. The maximum atomic E-state index is 13.1. The fourth-order valence-electron chi connectivity index (χ4n) is 3.64. The summed E-state index contributed by atoms with van der Waals surface area (Å²) < 4.78 is 28.6. The van der Waals surface area contributed by atoms with Crippen molar-refractivity contribution in [1.82, 2.24) is 29.4 Å². The Morgan fingerprint density at radius 2 is 1.70 bits per heavy atom. The number of carbonyl (C=O) groups excluding carboxylic acids is 1. The van der Waals surface area contributed by atoms with Crippen LogP contribution in [0.4, 0.5) is 5.95 Å². The number of amides is 1. The van der Waals surface area contributed by atoms with Crippen LogP contribution in [0.3, 0.4) is 0 Å². The minimum atomic E-state index is -3.67. The largest absolute Gasteiger partial charge is 0.336 e. The molecule has 3 aromatic rings. The van der Waals surface area contributed by atoms with E-state index in [1.54, 1.807) is 35.6 Å². The second-order valence-electron chi connectivity index (χ2n) is 8.15. The van der Waals surface area contributed by atoms with E-state index in [-0.39, 0.29) is 16.8 Å². The Kier molecular flexibility index (Phi) is 6.43. The second-order valence-corrected chi connectivity index (χ2v) is 10.1. The molecule has 0 spiro atoms. The number of hydrogen-bond donors (Lipinski definition) is 0. The molecular formula is C22H27N7O3S. The van der Waals surface area contributed by atoms with Crippen molar-refractivity contribution in [3.8, 4) is 5.69 Å². The molecule has 33 heavy (non-hydrogen) atoms. The van der Waals surface area contributed by atoms with Gasteiger partial charge in [0.25, 0.3) is 5.91 Å². The van der Waals surface area contributed by atoms with Gasteiger partial charge in [0.1, 0.15) is 0 Å². The third-order valence-corrected chi connectivity index (χ3v) is 7.82. The number of para-hydroxylation sites is 1. The summed E-state index contributed by atoms with van der Waals surface area (Å²) in [6.07, 6.45) is 0. The standard InChI is InChI=1S/C22H27N7O3S/c1-17(2)26(3)33(31,32)20-11-7-8-18(16-20)21(30)27-12-14-28(15-13-27)22-23-24-25-29(22)19-9-5-4-6-10-19/h4-11,16-17H,12-15H2,1-3H3. The molecule has 0 N–H and O–H groups in total. The van der Waals surface area contributed by atoms with Crippen molar-refractivity contribution < 1.29 is 13.2 Å². The molecule has 1 amide bonds. The highest BCUT2D eigenvalue weighted by molar-refractivity contribution is 7.89. The summed E-state index contributed by atoms with van der Waals surface area (Å²) in [7, 11) is -2.13. The van der Waals surface area contributed by atoms with Gasteiger partial charge < -0.3 is 9.80 Å². The third-order valence-electron chi connectivity index (χ3n) is 5.79. The van der Waals surface area contributed by atoms with Crippen LogP contribution in [0.2, 0.25) is 0 Å². The van der Waals surface area contributed by atoms with E-state index in [0.29, 0.717) is 37.7 Å². The molecule has 1 aliphatic heterocycles. The van der Waals surface area contributed by atoms with Gasteiger partial charge in [0.2, 0.25) is 16.0 Å². The Balaban J connectivity index is 1.47. The zero-order valence-electron chi connectivity index (χ0n) is 18.9. The van der Waals surface area contributed by atoms with E-state index in [2.05, 4.69) is 15.5 Å². The first-order valence-electron chi connectivity index (χ1n) is 10.7. The average Bonchev–Trinajstić information content (AvgIpc) is 3.34. The molecule has 174 valence electrons. The lowest BCUT2D eigenvalue weighted by atomic mass is 10.2. The quantitative estimate of drug-likeness (QED) is 0.541. The molecule has 0 saturated carbocycles. The van der Waals surface area contributed by atoms with Gasteiger partial charge in [-0.05, 0) is 54.6 Å². The summed E-state index contributed by atoms with van der Waals surface area (Å²) in [6, 6.07) is 15.7. The first kappa shape index (κ1) is 22.9. The summed E-state index contributed by atoms with van der Waals surface area (Å²) in [5.41, 5.74) is 1.22. The van der Waals surface area contributed by atoms with Crippen molar-refractivity contribution in [1.29, 1.82) is 0 Å². The number of hydrogen-bond acceptors (Lipinski definition) is 7. The monoisotopic (exact) mass is 469 g/mol. The molecule has 1 aliphatic rings. The number of piperazine rings is 1. The normalized spacial score (nSPS) is 14.8. The zero-order valence-corrected chi connectivity index (χ0v) is 19.7. The van der Waals surface area contributed by atoms with Gasteiger partial charge in [0, 0.05) is 44.8 Å². The van der Waals surface area contributed by atoms with Crippen molar-refractivity contribution in [2.75, 3.05) is 38.1 Å². The molecule has 0 radical (unpaired) electrons. The molecule has 1 aromatic heterocycles. The maximum absolute atomic E-state index is 13.1. The Morgan fingerprint density at radius 3 is 2.36 bits per heavy atom. The Labute approximate surface area is 193 Å². The SMILES string of the molecule is CC(C)N(C)S(=O)(=O)c1cccc(C(=O)N2CCN(c3nnnn3-c3ccccc3)CC2)c1. The molecule has 10 nitrogen and oxygen atoms in total. The number of benzene rings is 2. The van der Waals surface area contributed by atoms with Gasteiger partial charge in [0.15, 0.2) is 0 Å². The van der Waals surface area contributed by atoms with Crippen LogP contribution in [-0.2, 0) is 10.0 Å². The van der Waals surface area contributed by atoms with Gasteiger partial charge in [0.05, 0.1) is 10.6 Å². The van der Waals surface area contributed by atoms with Gasteiger partial charge in [-0.2, -0.15) is 8.99 Å². The van der Waals surface area contributed by atoms with E-state index in [9.17, 15) is 13.2 Å². The molecule has 11 heteroatoms. The van der Waals surface area contributed by atoms with E-state index < -0.39 is 10.0 Å². The number of aromatic nitrogens is 4. The van der Waals surface area contributed by atoms with Crippen LogP contribution >= 0.6 is 0 Å². The van der Waals surface area contributed by atoms with E-state index in [1.807, 2.05) is 35.2 Å². The lowest BCUT2D eigenvalue weighted by Gasteiger charge is -2.35.